The largest absolute Gasteiger partial charge is 0.494 e. The summed E-state index contributed by atoms with van der Waals surface area (Å²) >= 11 is 0. The minimum absolute atomic E-state index is 0.173. The number of hydrogen-bond donors (Lipinski definition) is 3. The number of carbonyl (C=O) groups is 2. The smallest absolute Gasteiger partial charge is 0.326 e. The van der Waals surface area contributed by atoms with E-state index in [1.54, 1.807) is 13.8 Å². The molecule has 0 saturated heterocycles. The number of urea groups is 1. The maximum Gasteiger partial charge on any atom is 0.326 e. The van der Waals surface area contributed by atoms with E-state index in [1.165, 1.54) is 5.56 Å². The summed E-state index contributed by atoms with van der Waals surface area (Å²) in [6, 6.07) is 6.38. The van der Waals surface area contributed by atoms with Crippen molar-refractivity contribution in [1.82, 2.24) is 10.6 Å². The number of carboxylic acids is 1. The highest BCUT2D eigenvalue weighted by atomic mass is 16.5. The number of hydrogen-bond acceptors (Lipinski definition) is 3. The van der Waals surface area contributed by atoms with E-state index in [9.17, 15) is 9.59 Å². The van der Waals surface area contributed by atoms with Crippen LogP contribution in [0.1, 0.15) is 25.8 Å². The number of aryl methyl sites for hydroxylation is 1. The molecule has 22 heavy (non-hydrogen) atoms. The summed E-state index contributed by atoms with van der Waals surface area (Å²) < 4.78 is 5.53. The van der Waals surface area contributed by atoms with Crippen LogP contribution in [0.5, 0.6) is 5.75 Å². The Kier molecular flexibility index (Phi) is 7.22. The molecule has 1 unspecified atom stereocenters. The number of benzene rings is 1. The first-order chi connectivity index (χ1) is 10.4. The molecule has 6 heteroatoms. The van der Waals surface area contributed by atoms with E-state index in [-0.39, 0.29) is 5.92 Å². The Morgan fingerprint density at radius 1 is 1.23 bits per heavy atom. The first-order valence-electron chi connectivity index (χ1n) is 7.36. The molecule has 0 aliphatic heterocycles. The van der Waals surface area contributed by atoms with Crippen molar-refractivity contribution in [3.8, 4) is 5.75 Å². The van der Waals surface area contributed by atoms with E-state index in [1.807, 2.05) is 31.2 Å². The number of aliphatic carboxylic acids is 1. The summed E-state index contributed by atoms with van der Waals surface area (Å²) in [7, 11) is 0. The molecule has 1 rings (SSSR count). The van der Waals surface area contributed by atoms with Gasteiger partial charge in [0.1, 0.15) is 11.8 Å². The molecule has 0 spiro atoms. The maximum atomic E-state index is 11.6. The van der Waals surface area contributed by atoms with Crippen LogP contribution in [0.4, 0.5) is 4.79 Å². The molecule has 0 bridgehead atoms. The van der Waals surface area contributed by atoms with Crippen molar-refractivity contribution in [2.45, 2.75) is 33.2 Å². The Morgan fingerprint density at radius 3 is 2.41 bits per heavy atom. The first kappa shape index (κ1) is 17.8. The van der Waals surface area contributed by atoms with Gasteiger partial charge in [0, 0.05) is 6.54 Å². The van der Waals surface area contributed by atoms with Gasteiger partial charge in [-0.15, -0.1) is 0 Å². The molecule has 3 N–H and O–H groups in total. The summed E-state index contributed by atoms with van der Waals surface area (Å²) in [5.41, 5.74) is 1.17. The Hall–Kier alpha value is -2.24. The Balaban J connectivity index is 2.19. The third-order valence-corrected chi connectivity index (χ3v) is 3.12. The van der Waals surface area contributed by atoms with Crippen LogP contribution in [0.3, 0.4) is 0 Å². The average molecular weight is 308 g/mol. The molecule has 2 amide bonds. The molecule has 122 valence electrons. The number of ether oxygens (including phenoxy) is 1. The second-order valence-electron chi connectivity index (χ2n) is 5.48. The highest BCUT2D eigenvalue weighted by Crippen LogP contribution is 2.11. The maximum absolute atomic E-state index is 11.6. The molecule has 0 aromatic heterocycles. The minimum Gasteiger partial charge on any atom is -0.494 e. The lowest BCUT2D eigenvalue weighted by Crippen LogP contribution is -2.48. The van der Waals surface area contributed by atoms with Crippen molar-refractivity contribution in [2.24, 2.45) is 5.92 Å². The number of rotatable bonds is 8. The SMILES string of the molecule is Cc1ccc(OCCCNC(=O)NC(C(=O)O)C(C)C)cc1. The highest BCUT2D eigenvalue weighted by Gasteiger charge is 2.22. The average Bonchev–Trinajstić information content (AvgIpc) is 2.45. The van der Waals surface area contributed by atoms with Crippen LogP contribution in [-0.2, 0) is 4.79 Å². The van der Waals surface area contributed by atoms with Gasteiger partial charge >= 0.3 is 12.0 Å². The zero-order valence-corrected chi connectivity index (χ0v) is 13.3. The van der Waals surface area contributed by atoms with Gasteiger partial charge in [0.25, 0.3) is 0 Å². The van der Waals surface area contributed by atoms with Crippen LogP contribution < -0.4 is 15.4 Å². The van der Waals surface area contributed by atoms with Gasteiger partial charge in [-0.05, 0) is 31.4 Å². The Morgan fingerprint density at radius 2 is 1.86 bits per heavy atom. The number of nitrogens with one attached hydrogen (secondary N) is 2. The molecule has 0 fully saturated rings. The fourth-order valence-electron chi connectivity index (χ4n) is 1.80. The number of carbonyl (C=O) groups excluding carboxylic acids is 1. The number of carboxylic acid groups (broad SMARTS) is 1. The van der Waals surface area contributed by atoms with Gasteiger partial charge in [-0.3, -0.25) is 0 Å². The van der Waals surface area contributed by atoms with E-state index in [2.05, 4.69) is 10.6 Å². The Labute approximate surface area is 130 Å². The highest BCUT2D eigenvalue weighted by molar-refractivity contribution is 5.82. The minimum atomic E-state index is -1.03. The zero-order chi connectivity index (χ0) is 16.5. The van der Waals surface area contributed by atoms with E-state index < -0.39 is 18.0 Å². The molecule has 6 nitrogen and oxygen atoms in total. The van der Waals surface area contributed by atoms with E-state index in [0.29, 0.717) is 19.6 Å². The summed E-state index contributed by atoms with van der Waals surface area (Å²) in [6.45, 7) is 6.40. The lowest BCUT2D eigenvalue weighted by Gasteiger charge is -2.18. The van der Waals surface area contributed by atoms with Crippen molar-refractivity contribution in [1.29, 1.82) is 0 Å². The molecule has 1 aromatic carbocycles. The van der Waals surface area contributed by atoms with Gasteiger partial charge < -0.3 is 20.5 Å². The molecular weight excluding hydrogens is 284 g/mol. The summed E-state index contributed by atoms with van der Waals surface area (Å²) in [4.78, 5) is 22.6. The van der Waals surface area contributed by atoms with Crippen LogP contribution in [-0.4, -0.2) is 36.3 Å². The van der Waals surface area contributed by atoms with Crippen molar-refractivity contribution in [3.63, 3.8) is 0 Å². The van der Waals surface area contributed by atoms with Crippen molar-refractivity contribution >= 4 is 12.0 Å². The lowest BCUT2D eigenvalue weighted by molar-refractivity contribution is -0.140. The number of amides is 2. The molecule has 0 heterocycles. The molecular formula is C16H24N2O4. The van der Waals surface area contributed by atoms with Gasteiger partial charge in [0.15, 0.2) is 0 Å². The zero-order valence-electron chi connectivity index (χ0n) is 13.3. The van der Waals surface area contributed by atoms with Crippen LogP contribution in [0, 0.1) is 12.8 Å². The van der Waals surface area contributed by atoms with Crippen LogP contribution in [0.2, 0.25) is 0 Å². The molecule has 0 aliphatic rings. The molecule has 0 saturated carbocycles. The second-order valence-corrected chi connectivity index (χ2v) is 5.48. The van der Waals surface area contributed by atoms with Gasteiger partial charge in [0.2, 0.25) is 0 Å². The van der Waals surface area contributed by atoms with Gasteiger partial charge in [-0.25, -0.2) is 9.59 Å². The molecule has 1 aromatic rings. The summed E-state index contributed by atoms with van der Waals surface area (Å²) in [5.74, 6) is -0.415. The first-order valence-corrected chi connectivity index (χ1v) is 7.36. The third-order valence-electron chi connectivity index (χ3n) is 3.12. The normalized spacial score (nSPS) is 11.8. The van der Waals surface area contributed by atoms with Gasteiger partial charge in [-0.1, -0.05) is 31.5 Å². The second kappa shape index (κ2) is 8.92. The van der Waals surface area contributed by atoms with Gasteiger partial charge in [-0.2, -0.15) is 0 Å². The fraction of sp³-hybridized carbons (Fsp3) is 0.500. The molecule has 0 radical (unpaired) electrons. The predicted molar refractivity (Wildman–Crippen MR) is 84.1 cm³/mol. The van der Waals surface area contributed by atoms with E-state index in [4.69, 9.17) is 9.84 Å². The van der Waals surface area contributed by atoms with Crippen LogP contribution >= 0.6 is 0 Å². The Bertz CT molecular complexity index is 485. The van der Waals surface area contributed by atoms with E-state index >= 15 is 0 Å². The third kappa shape index (κ3) is 6.47. The van der Waals surface area contributed by atoms with Crippen molar-refractivity contribution in [3.05, 3.63) is 29.8 Å². The van der Waals surface area contributed by atoms with Crippen molar-refractivity contribution < 1.29 is 19.4 Å². The summed E-state index contributed by atoms with van der Waals surface area (Å²) in [5, 5.41) is 14.1. The fourth-order valence-corrected chi connectivity index (χ4v) is 1.80. The standard InChI is InChI=1S/C16H24N2O4/c1-11(2)14(15(19)20)18-16(21)17-9-4-10-22-13-7-5-12(3)6-8-13/h5-8,11,14H,4,9-10H2,1-3H3,(H,19,20)(H2,17,18,21). The van der Waals surface area contributed by atoms with Crippen molar-refractivity contribution in [2.75, 3.05) is 13.2 Å². The monoisotopic (exact) mass is 308 g/mol. The van der Waals surface area contributed by atoms with Gasteiger partial charge in [0.05, 0.1) is 6.61 Å². The molecule has 1 atom stereocenters. The quantitative estimate of drug-likeness (QED) is 0.642. The topological polar surface area (TPSA) is 87.7 Å². The summed E-state index contributed by atoms with van der Waals surface area (Å²) in [6.07, 6.45) is 0.640. The molecule has 0 aliphatic carbocycles. The van der Waals surface area contributed by atoms with Crippen LogP contribution in [0.15, 0.2) is 24.3 Å². The predicted octanol–water partition coefficient (Wildman–Crippen LogP) is 2.17. The lowest BCUT2D eigenvalue weighted by atomic mass is 10.1. The van der Waals surface area contributed by atoms with E-state index in [0.717, 1.165) is 5.75 Å². The van der Waals surface area contributed by atoms with Crippen LogP contribution in [0.25, 0.3) is 0 Å².